The smallest absolute Gasteiger partial charge is 0.272 e. The highest BCUT2D eigenvalue weighted by atomic mass is 32.2. The normalized spacial score (nSPS) is 12.3. The van der Waals surface area contributed by atoms with Gasteiger partial charge in [0.25, 0.3) is 5.56 Å². The Morgan fingerprint density at radius 1 is 1.15 bits per heavy atom. The van der Waals surface area contributed by atoms with E-state index in [9.17, 15) is 9.59 Å². The fourth-order valence-corrected chi connectivity index (χ4v) is 5.23. The van der Waals surface area contributed by atoms with Gasteiger partial charge in [0.15, 0.2) is 5.16 Å². The minimum atomic E-state index is -0.274. The summed E-state index contributed by atoms with van der Waals surface area (Å²) in [6.45, 7) is 2.29. The molecule has 5 rings (SSSR count). The van der Waals surface area contributed by atoms with Crippen LogP contribution in [0.5, 0.6) is 0 Å². The lowest BCUT2D eigenvalue weighted by atomic mass is 10.2. The monoisotopic (exact) mass is 475 g/mol. The maximum atomic E-state index is 13.1. The Kier molecular flexibility index (Phi) is 6.02. The Labute approximate surface area is 198 Å². The highest BCUT2D eigenvalue weighted by molar-refractivity contribution is 7.99. The minimum Gasteiger partial charge on any atom is -0.459 e. The van der Waals surface area contributed by atoms with Crippen molar-refractivity contribution in [3.05, 3.63) is 93.8 Å². The average Bonchev–Trinajstić information content (AvgIpc) is 3.47. The molecule has 0 unspecified atom stereocenters. The molecule has 6 nitrogen and oxygen atoms in total. The summed E-state index contributed by atoms with van der Waals surface area (Å²) in [5, 5.41) is 6.37. The van der Waals surface area contributed by atoms with Gasteiger partial charge in [0, 0.05) is 5.39 Å². The van der Waals surface area contributed by atoms with Gasteiger partial charge in [0.2, 0.25) is 5.91 Å². The molecule has 0 spiro atoms. The zero-order chi connectivity index (χ0) is 22.8. The van der Waals surface area contributed by atoms with Crippen LogP contribution in [0.3, 0.4) is 0 Å². The molecule has 0 aliphatic heterocycles. The zero-order valence-corrected chi connectivity index (χ0v) is 19.5. The van der Waals surface area contributed by atoms with Crippen molar-refractivity contribution < 1.29 is 9.21 Å². The third-order valence-electron chi connectivity index (χ3n) is 5.30. The first-order valence-electron chi connectivity index (χ1n) is 10.5. The van der Waals surface area contributed by atoms with E-state index in [-0.39, 0.29) is 23.3 Å². The Balaban J connectivity index is 1.33. The van der Waals surface area contributed by atoms with Gasteiger partial charge in [-0.05, 0) is 36.1 Å². The van der Waals surface area contributed by atoms with Crippen molar-refractivity contribution in [3.63, 3.8) is 0 Å². The lowest BCUT2D eigenvalue weighted by Gasteiger charge is -2.14. The second kappa shape index (κ2) is 9.25. The van der Waals surface area contributed by atoms with Gasteiger partial charge >= 0.3 is 0 Å². The number of para-hydroxylation sites is 1. The van der Waals surface area contributed by atoms with Crippen molar-refractivity contribution >= 4 is 50.2 Å². The van der Waals surface area contributed by atoms with Crippen LogP contribution >= 0.6 is 23.1 Å². The maximum Gasteiger partial charge on any atom is 0.272 e. The van der Waals surface area contributed by atoms with Gasteiger partial charge in [-0.25, -0.2) is 4.98 Å². The van der Waals surface area contributed by atoms with E-state index in [2.05, 4.69) is 10.3 Å². The molecule has 3 aromatic heterocycles. The van der Waals surface area contributed by atoms with Gasteiger partial charge in [-0.1, -0.05) is 60.3 Å². The number of rotatable bonds is 7. The van der Waals surface area contributed by atoms with Crippen molar-refractivity contribution in [1.82, 2.24) is 14.9 Å². The molecule has 0 radical (unpaired) electrons. The number of fused-ring (bicyclic) bond motifs is 2. The summed E-state index contributed by atoms with van der Waals surface area (Å²) in [6, 6.07) is 21.0. The van der Waals surface area contributed by atoms with Crippen molar-refractivity contribution in [3.8, 4) is 0 Å². The highest BCUT2D eigenvalue weighted by Gasteiger charge is 2.17. The highest BCUT2D eigenvalue weighted by Crippen LogP contribution is 2.25. The fraction of sp³-hybridized carbons (Fsp3) is 0.160. The zero-order valence-electron chi connectivity index (χ0n) is 17.9. The largest absolute Gasteiger partial charge is 0.459 e. The summed E-state index contributed by atoms with van der Waals surface area (Å²) < 4.78 is 8.13. The molecule has 1 atom stereocenters. The van der Waals surface area contributed by atoms with Crippen LogP contribution in [0.4, 0.5) is 0 Å². The number of benzene rings is 2. The molecule has 1 amide bonds. The Morgan fingerprint density at radius 3 is 2.76 bits per heavy atom. The molecule has 0 aliphatic rings. The molecule has 3 heterocycles. The SMILES string of the molecule is C[C@H](NC(=O)CSc1nc2ccsc2c(=O)n1Cc1ccccc1)c1cc2ccccc2o1. The number of amides is 1. The average molecular weight is 476 g/mol. The van der Waals surface area contributed by atoms with Gasteiger partial charge in [-0.15, -0.1) is 11.3 Å². The van der Waals surface area contributed by atoms with Gasteiger partial charge in [-0.2, -0.15) is 0 Å². The van der Waals surface area contributed by atoms with Gasteiger partial charge in [-0.3, -0.25) is 14.2 Å². The molecule has 1 N–H and O–H groups in total. The Morgan fingerprint density at radius 2 is 1.94 bits per heavy atom. The lowest BCUT2D eigenvalue weighted by Crippen LogP contribution is -2.29. The van der Waals surface area contributed by atoms with Crippen LogP contribution in [0, 0.1) is 0 Å². The first-order chi connectivity index (χ1) is 16.1. The van der Waals surface area contributed by atoms with Gasteiger partial charge < -0.3 is 9.73 Å². The first-order valence-corrected chi connectivity index (χ1v) is 12.4. The number of furan rings is 1. The van der Waals surface area contributed by atoms with Crippen LogP contribution in [-0.2, 0) is 11.3 Å². The molecule has 0 bridgehead atoms. The number of carbonyl (C=O) groups is 1. The topological polar surface area (TPSA) is 77.1 Å². The molecule has 8 heteroatoms. The van der Waals surface area contributed by atoms with Crippen LogP contribution in [0.2, 0.25) is 0 Å². The molecular formula is C25H21N3O3S2. The van der Waals surface area contributed by atoms with E-state index in [1.54, 1.807) is 4.57 Å². The van der Waals surface area contributed by atoms with E-state index in [0.29, 0.717) is 27.7 Å². The van der Waals surface area contributed by atoms with E-state index < -0.39 is 0 Å². The Bertz CT molecular complexity index is 1450. The van der Waals surface area contributed by atoms with E-state index in [1.807, 2.05) is 79.0 Å². The summed E-state index contributed by atoms with van der Waals surface area (Å²) in [4.78, 5) is 30.5. The van der Waals surface area contributed by atoms with Crippen molar-refractivity contribution in [2.24, 2.45) is 0 Å². The third-order valence-corrected chi connectivity index (χ3v) is 7.16. The van der Waals surface area contributed by atoms with Crippen LogP contribution in [0.15, 0.2) is 86.5 Å². The second-order valence-corrected chi connectivity index (χ2v) is 9.53. The predicted octanol–water partition coefficient (Wildman–Crippen LogP) is 5.22. The van der Waals surface area contributed by atoms with Crippen LogP contribution in [0.25, 0.3) is 21.2 Å². The predicted molar refractivity (Wildman–Crippen MR) is 133 cm³/mol. The summed E-state index contributed by atoms with van der Waals surface area (Å²) in [5.74, 6) is 0.689. The molecule has 5 aromatic rings. The molecular weight excluding hydrogens is 454 g/mol. The van der Waals surface area contributed by atoms with E-state index in [0.717, 1.165) is 16.5 Å². The quantitative estimate of drug-likeness (QED) is 0.258. The summed E-state index contributed by atoms with van der Waals surface area (Å²) in [6.07, 6.45) is 0. The number of thiophene rings is 1. The minimum absolute atomic E-state index is 0.0857. The molecule has 0 aliphatic carbocycles. The van der Waals surface area contributed by atoms with Crippen LogP contribution in [0.1, 0.15) is 24.3 Å². The van der Waals surface area contributed by atoms with Crippen LogP contribution in [-0.4, -0.2) is 21.2 Å². The van der Waals surface area contributed by atoms with E-state index >= 15 is 0 Å². The molecule has 2 aromatic carbocycles. The number of hydrogen-bond donors (Lipinski definition) is 1. The summed E-state index contributed by atoms with van der Waals surface area (Å²) in [5.41, 5.74) is 2.37. The third kappa shape index (κ3) is 4.58. The number of carbonyl (C=O) groups excluding carboxylic acids is 1. The standard InChI is InChI=1S/C25H21N3O3S2/c1-16(21-13-18-9-5-6-10-20(18)31-21)26-22(29)15-33-25-27-19-11-12-32-23(19)24(30)28(25)14-17-7-3-2-4-8-17/h2-13,16H,14-15H2,1H3,(H,26,29)/t16-/m0/s1. The van der Waals surface area contributed by atoms with Crippen molar-refractivity contribution in [1.29, 1.82) is 0 Å². The number of nitrogens with zero attached hydrogens (tertiary/aromatic N) is 2. The van der Waals surface area contributed by atoms with E-state index in [1.165, 1.54) is 23.1 Å². The first kappa shape index (κ1) is 21.5. The van der Waals surface area contributed by atoms with Crippen molar-refractivity contribution in [2.75, 3.05) is 5.75 Å². The number of nitrogens with one attached hydrogen (secondary N) is 1. The number of hydrogen-bond acceptors (Lipinski definition) is 6. The fourth-order valence-electron chi connectivity index (χ4n) is 3.64. The van der Waals surface area contributed by atoms with Gasteiger partial charge in [0.05, 0.1) is 23.9 Å². The Hall–Kier alpha value is -3.36. The molecule has 0 saturated carbocycles. The maximum absolute atomic E-state index is 13.1. The summed E-state index contributed by atoms with van der Waals surface area (Å²) >= 11 is 2.65. The lowest BCUT2D eigenvalue weighted by molar-refractivity contribution is -0.119. The van der Waals surface area contributed by atoms with E-state index in [4.69, 9.17) is 4.42 Å². The van der Waals surface area contributed by atoms with Crippen LogP contribution < -0.4 is 10.9 Å². The van der Waals surface area contributed by atoms with Gasteiger partial charge in [0.1, 0.15) is 16.0 Å². The molecule has 0 saturated heterocycles. The molecule has 166 valence electrons. The summed E-state index contributed by atoms with van der Waals surface area (Å²) in [7, 11) is 0. The number of thioether (sulfide) groups is 1. The second-order valence-electron chi connectivity index (χ2n) is 7.67. The molecule has 0 fully saturated rings. The van der Waals surface area contributed by atoms with Crippen molar-refractivity contribution in [2.45, 2.75) is 24.7 Å². The number of aromatic nitrogens is 2. The molecule has 33 heavy (non-hydrogen) atoms.